The van der Waals surface area contributed by atoms with E-state index in [1.807, 2.05) is 0 Å². The lowest BCUT2D eigenvalue weighted by molar-refractivity contribution is 0.0526. The van der Waals surface area contributed by atoms with Gasteiger partial charge in [-0.25, -0.2) is 13.2 Å². The van der Waals surface area contributed by atoms with Gasteiger partial charge in [-0.3, -0.25) is 4.79 Å². The van der Waals surface area contributed by atoms with Crippen molar-refractivity contribution in [3.63, 3.8) is 0 Å². The standard InChI is InChI=1S/C21H22N2O5S2/c1-5-28-20(25)15-9-10-17-18(12-15)29-21(23(17)4)22-19(24)14-7-6-8-16(11-14)30(26,27)13(2)3/h6-13H,5H2,1-4H3. The van der Waals surface area contributed by atoms with Gasteiger partial charge in [-0.1, -0.05) is 17.4 Å². The van der Waals surface area contributed by atoms with Gasteiger partial charge < -0.3 is 9.30 Å². The smallest absolute Gasteiger partial charge is 0.338 e. The molecule has 0 bridgehead atoms. The molecule has 1 aromatic heterocycles. The van der Waals surface area contributed by atoms with Crippen LogP contribution in [0.4, 0.5) is 0 Å². The van der Waals surface area contributed by atoms with Crippen LogP contribution in [0, 0.1) is 0 Å². The number of amides is 1. The molecule has 3 aromatic rings. The van der Waals surface area contributed by atoms with Gasteiger partial charge in [0.25, 0.3) is 5.91 Å². The van der Waals surface area contributed by atoms with Crippen LogP contribution in [-0.2, 0) is 21.6 Å². The van der Waals surface area contributed by atoms with E-state index in [0.717, 1.165) is 10.2 Å². The van der Waals surface area contributed by atoms with Crippen molar-refractivity contribution < 1.29 is 22.7 Å². The second-order valence-electron chi connectivity index (χ2n) is 6.89. The Morgan fingerprint density at radius 2 is 1.87 bits per heavy atom. The van der Waals surface area contributed by atoms with E-state index in [1.54, 1.807) is 50.6 Å². The molecule has 3 rings (SSSR count). The van der Waals surface area contributed by atoms with E-state index >= 15 is 0 Å². The number of aryl methyl sites for hydroxylation is 1. The van der Waals surface area contributed by atoms with E-state index in [1.165, 1.54) is 35.6 Å². The van der Waals surface area contributed by atoms with Gasteiger partial charge in [-0.15, -0.1) is 0 Å². The van der Waals surface area contributed by atoms with Crippen molar-refractivity contribution in [2.24, 2.45) is 12.0 Å². The molecule has 0 unspecified atom stereocenters. The molecule has 0 saturated carbocycles. The summed E-state index contributed by atoms with van der Waals surface area (Å²) in [6.45, 7) is 5.22. The Hall–Kier alpha value is -2.78. The second kappa shape index (κ2) is 8.53. The topological polar surface area (TPSA) is 94.8 Å². The summed E-state index contributed by atoms with van der Waals surface area (Å²) < 4.78 is 32.3. The number of hydrogen-bond acceptors (Lipinski definition) is 6. The lowest BCUT2D eigenvalue weighted by atomic mass is 10.2. The lowest BCUT2D eigenvalue weighted by Crippen LogP contribution is -2.15. The third-order valence-electron chi connectivity index (χ3n) is 4.55. The Balaban J connectivity index is 2.02. The highest BCUT2D eigenvalue weighted by Crippen LogP contribution is 2.20. The average Bonchev–Trinajstić information content (AvgIpc) is 3.02. The number of aromatic nitrogens is 1. The molecule has 0 N–H and O–H groups in total. The van der Waals surface area contributed by atoms with Gasteiger partial charge in [-0.2, -0.15) is 4.99 Å². The number of ether oxygens (including phenoxy) is 1. The number of carbonyl (C=O) groups excluding carboxylic acids is 2. The highest BCUT2D eigenvalue weighted by Gasteiger charge is 2.20. The van der Waals surface area contributed by atoms with Crippen LogP contribution in [0.25, 0.3) is 10.2 Å². The molecule has 0 saturated heterocycles. The summed E-state index contributed by atoms with van der Waals surface area (Å²) in [5.74, 6) is -0.947. The van der Waals surface area contributed by atoms with Gasteiger partial charge in [0.15, 0.2) is 14.6 Å². The molecule has 0 aliphatic carbocycles. The minimum atomic E-state index is -3.49. The summed E-state index contributed by atoms with van der Waals surface area (Å²) >= 11 is 1.26. The number of fused-ring (bicyclic) bond motifs is 1. The largest absolute Gasteiger partial charge is 0.462 e. The fourth-order valence-electron chi connectivity index (χ4n) is 2.81. The van der Waals surface area contributed by atoms with E-state index in [0.29, 0.717) is 10.4 Å². The van der Waals surface area contributed by atoms with Crippen molar-refractivity contribution in [3.05, 3.63) is 58.4 Å². The first-order chi connectivity index (χ1) is 14.1. The van der Waals surface area contributed by atoms with Gasteiger partial charge in [0.05, 0.1) is 32.5 Å². The van der Waals surface area contributed by atoms with E-state index in [2.05, 4.69) is 4.99 Å². The number of sulfone groups is 1. The zero-order valence-electron chi connectivity index (χ0n) is 17.1. The Morgan fingerprint density at radius 3 is 2.53 bits per heavy atom. The number of carbonyl (C=O) groups is 2. The number of thiazole rings is 1. The Kier molecular flexibility index (Phi) is 6.23. The zero-order valence-corrected chi connectivity index (χ0v) is 18.7. The van der Waals surface area contributed by atoms with Gasteiger partial charge in [0, 0.05) is 12.6 Å². The summed E-state index contributed by atoms with van der Waals surface area (Å²) in [5.41, 5.74) is 1.44. The normalized spacial score (nSPS) is 12.5. The maximum atomic E-state index is 12.7. The summed E-state index contributed by atoms with van der Waals surface area (Å²) in [4.78, 5) is 29.4. The van der Waals surface area contributed by atoms with Crippen LogP contribution < -0.4 is 4.80 Å². The van der Waals surface area contributed by atoms with Gasteiger partial charge in [0.2, 0.25) is 0 Å². The Morgan fingerprint density at radius 1 is 1.13 bits per heavy atom. The van der Waals surface area contributed by atoms with Crippen LogP contribution in [0.1, 0.15) is 41.5 Å². The predicted octanol–water partition coefficient (Wildman–Crippen LogP) is 3.34. The molecule has 1 heterocycles. The van der Waals surface area contributed by atoms with Crippen molar-refractivity contribution in [3.8, 4) is 0 Å². The lowest BCUT2D eigenvalue weighted by Gasteiger charge is -2.08. The van der Waals surface area contributed by atoms with Gasteiger partial charge >= 0.3 is 5.97 Å². The van der Waals surface area contributed by atoms with Crippen LogP contribution in [0.3, 0.4) is 0 Å². The molecular formula is C21H22N2O5S2. The van der Waals surface area contributed by atoms with Crippen LogP contribution >= 0.6 is 11.3 Å². The van der Waals surface area contributed by atoms with Crippen LogP contribution in [-0.4, -0.2) is 36.7 Å². The molecule has 158 valence electrons. The molecule has 0 aliphatic heterocycles. The van der Waals surface area contributed by atoms with E-state index in [-0.39, 0.29) is 17.1 Å². The number of nitrogens with zero attached hydrogens (tertiary/aromatic N) is 2. The van der Waals surface area contributed by atoms with Crippen LogP contribution in [0.2, 0.25) is 0 Å². The fraction of sp³-hybridized carbons (Fsp3) is 0.286. The molecule has 9 heteroatoms. The second-order valence-corrected chi connectivity index (χ2v) is 10.4. The minimum absolute atomic E-state index is 0.0957. The molecule has 1 amide bonds. The van der Waals surface area contributed by atoms with Crippen LogP contribution in [0.5, 0.6) is 0 Å². The first kappa shape index (κ1) is 21.9. The summed E-state index contributed by atoms with van der Waals surface area (Å²) in [6, 6.07) is 11.1. The number of esters is 1. The molecule has 0 aliphatic rings. The molecule has 0 fully saturated rings. The molecule has 2 aromatic carbocycles. The highest BCUT2D eigenvalue weighted by molar-refractivity contribution is 7.92. The van der Waals surface area contributed by atoms with Crippen molar-refractivity contribution in [2.75, 3.05) is 6.61 Å². The monoisotopic (exact) mass is 446 g/mol. The minimum Gasteiger partial charge on any atom is -0.462 e. The maximum absolute atomic E-state index is 12.7. The summed E-state index contributed by atoms with van der Waals surface area (Å²) in [5, 5.41) is -0.589. The SMILES string of the molecule is CCOC(=O)c1ccc2c(c1)sc(=NC(=O)c1cccc(S(=O)(=O)C(C)C)c1)n2C. The maximum Gasteiger partial charge on any atom is 0.338 e. The molecule has 0 atom stereocenters. The third kappa shape index (κ3) is 4.22. The molecule has 0 spiro atoms. The van der Waals surface area contributed by atoms with Gasteiger partial charge in [-0.05, 0) is 57.2 Å². The third-order valence-corrected chi connectivity index (χ3v) is 7.79. The molecular weight excluding hydrogens is 424 g/mol. The Labute approximate surface area is 178 Å². The van der Waals surface area contributed by atoms with E-state index < -0.39 is 27.0 Å². The molecule has 7 nitrogen and oxygen atoms in total. The number of hydrogen-bond donors (Lipinski definition) is 0. The summed E-state index contributed by atoms with van der Waals surface area (Å²) in [7, 11) is -1.72. The quantitative estimate of drug-likeness (QED) is 0.560. The van der Waals surface area contributed by atoms with Crippen molar-refractivity contribution in [1.82, 2.24) is 4.57 Å². The zero-order chi connectivity index (χ0) is 22.1. The van der Waals surface area contributed by atoms with Gasteiger partial charge in [0.1, 0.15) is 0 Å². The van der Waals surface area contributed by atoms with Crippen molar-refractivity contribution in [2.45, 2.75) is 30.9 Å². The average molecular weight is 447 g/mol. The first-order valence-electron chi connectivity index (χ1n) is 9.35. The highest BCUT2D eigenvalue weighted by atomic mass is 32.2. The number of benzene rings is 2. The predicted molar refractivity (Wildman–Crippen MR) is 115 cm³/mol. The summed E-state index contributed by atoms with van der Waals surface area (Å²) in [6.07, 6.45) is 0. The molecule has 0 radical (unpaired) electrons. The fourth-order valence-corrected chi connectivity index (χ4v) is 4.97. The van der Waals surface area contributed by atoms with Crippen molar-refractivity contribution in [1.29, 1.82) is 0 Å². The Bertz CT molecular complexity index is 1300. The van der Waals surface area contributed by atoms with Crippen molar-refractivity contribution >= 4 is 43.3 Å². The van der Waals surface area contributed by atoms with E-state index in [9.17, 15) is 18.0 Å². The van der Waals surface area contributed by atoms with E-state index in [4.69, 9.17) is 4.74 Å². The van der Waals surface area contributed by atoms with Crippen LogP contribution in [0.15, 0.2) is 52.4 Å². The first-order valence-corrected chi connectivity index (χ1v) is 11.7. The number of rotatable bonds is 5. The molecule has 30 heavy (non-hydrogen) atoms.